The Bertz CT molecular complexity index is 1220. The molecule has 0 radical (unpaired) electrons. The largest absolute Gasteiger partial charge is 0.493 e. The molecule has 0 unspecified atom stereocenters. The van der Waals surface area contributed by atoms with Crippen LogP contribution in [0.3, 0.4) is 0 Å². The van der Waals surface area contributed by atoms with E-state index in [-0.39, 0.29) is 17.9 Å². The third kappa shape index (κ3) is 5.88. The van der Waals surface area contributed by atoms with Gasteiger partial charge in [0.05, 0.1) is 17.3 Å². The second-order valence-corrected chi connectivity index (χ2v) is 7.85. The highest BCUT2D eigenvalue weighted by Gasteiger charge is 2.15. The van der Waals surface area contributed by atoms with Crippen LogP contribution in [0.4, 0.5) is 10.1 Å². The fraction of sp³-hybridized carbons (Fsp3) is 0.0833. The van der Waals surface area contributed by atoms with Crippen LogP contribution in [0.5, 0.6) is 11.5 Å². The van der Waals surface area contributed by atoms with Gasteiger partial charge in [-0.05, 0) is 69.5 Å². The highest BCUT2D eigenvalue weighted by molar-refractivity contribution is 9.10. The summed E-state index contributed by atoms with van der Waals surface area (Å²) in [5, 5.41) is 12.4. The smallest absolute Gasteiger partial charge is 0.266 e. The first kappa shape index (κ1) is 23.3. The normalized spacial score (nSPS) is 10.9. The van der Waals surface area contributed by atoms with Crippen LogP contribution in [0.15, 0.2) is 70.7 Å². The van der Waals surface area contributed by atoms with Crippen molar-refractivity contribution in [1.29, 1.82) is 5.26 Å². The predicted octanol–water partition coefficient (Wildman–Crippen LogP) is 6.37. The van der Waals surface area contributed by atoms with Crippen LogP contribution in [-0.2, 0) is 11.4 Å². The summed E-state index contributed by atoms with van der Waals surface area (Å²) < 4.78 is 25.7. The van der Waals surface area contributed by atoms with Crippen LogP contribution in [-0.4, -0.2) is 13.0 Å². The standard InChI is InChI=1S/C24H17BrClFN2O3/c1-31-22-12-16(9-17(13-28)24(30)29-21-8-3-2-7-20(21)27)11-19(25)23(22)32-14-15-5-4-6-18(26)10-15/h2-12H,14H2,1H3,(H,29,30)/b17-9+. The minimum atomic E-state index is -0.728. The van der Waals surface area contributed by atoms with E-state index in [1.54, 1.807) is 30.3 Å². The Morgan fingerprint density at radius 2 is 2.00 bits per heavy atom. The number of carbonyl (C=O) groups is 1. The first-order chi connectivity index (χ1) is 15.4. The molecule has 162 valence electrons. The average Bonchev–Trinajstić information content (AvgIpc) is 2.77. The first-order valence-electron chi connectivity index (χ1n) is 9.33. The maximum absolute atomic E-state index is 13.8. The lowest BCUT2D eigenvalue weighted by molar-refractivity contribution is -0.112. The molecule has 0 fully saturated rings. The Balaban J connectivity index is 1.83. The van der Waals surface area contributed by atoms with E-state index in [0.717, 1.165) is 5.56 Å². The number of anilines is 1. The van der Waals surface area contributed by atoms with E-state index in [9.17, 15) is 14.4 Å². The van der Waals surface area contributed by atoms with Crippen molar-refractivity contribution in [1.82, 2.24) is 0 Å². The van der Waals surface area contributed by atoms with Crippen LogP contribution in [0.25, 0.3) is 6.08 Å². The predicted molar refractivity (Wildman–Crippen MR) is 125 cm³/mol. The molecule has 0 saturated carbocycles. The molecule has 5 nitrogen and oxygen atoms in total. The summed E-state index contributed by atoms with van der Waals surface area (Å²) in [5.41, 5.74) is 1.19. The first-order valence-corrected chi connectivity index (χ1v) is 10.5. The van der Waals surface area contributed by atoms with Crippen LogP contribution in [0.2, 0.25) is 5.02 Å². The molecule has 1 N–H and O–H groups in total. The summed E-state index contributed by atoms with van der Waals surface area (Å²) in [5.74, 6) is -0.462. The number of rotatable bonds is 7. The van der Waals surface area contributed by atoms with Gasteiger partial charge in [-0.2, -0.15) is 5.26 Å². The van der Waals surface area contributed by atoms with E-state index >= 15 is 0 Å². The highest BCUT2D eigenvalue weighted by atomic mass is 79.9. The monoisotopic (exact) mass is 514 g/mol. The molecular formula is C24H17BrClFN2O3. The highest BCUT2D eigenvalue weighted by Crippen LogP contribution is 2.38. The molecule has 1 amide bonds. The Morgan fingerprint density at radius 1 is 1.22 bits per heavy atom. The lowest BCUT2D eigenvalue weighted by Crippen LogP contribution is -2.14. The molecule has 8 heteroatoms. The zero-order chi connectivity index (χ0) is 23.1. The molecule has 0 aliphatic rings. The third-order valence-corrected chi connectivity index (χ3v) is 5.15. The minimum Gasteiger partial charge on any atom is -0.493 e. The van der Waals surface area contributed by atoms with Crippen molar-refractivity contribution in [2.75, 3.05) is 12.4 Å². The number of halogens is 3. The third-order valence-electron chi connectivity index (χ3n) is 4.32. The second kappa shape index (κ2) is 10.8. The SMILES string of the molecule is COc1cc(/C=C(\C#N)C(=O)Nc2ccccc2F)cc(Br)c1OCc1cccc(Cl)c1. The Hall–Kier alpha value is -3.34. The summed E-state index contributed by atoms with van der Waals surface area (Å²) in [7, 11) is 1.48. The number of hydrogen-bond acceptors (Lipinski definition) is 4. The Morgan fingerprint density at radius 3 is 2.69 bits per heavy atom. The summed E-state index contributed by atoms with van der Waals surface area (Å²) in [6.45, 7) is 0.263. The topological polar surface area (TPSA) is 71.3 Å². The van der Waals surface area contributed by atoms with Crippen molar-refractivity contribution in [3.63, 3.8) is 0 Å². The number of para-hydroxylation sites is 1. The molecule has 3 aromatic rings. The van der Waals surface area contributed by atoms with Gasteiger partial charge in [-0.3, -0.25) is 4.79 Å². The van der Waals surface area contributed by atoms with Crippen LogP contribution in [0.1, 0.15) is 11.1 Å². The van der Waals surface area contributed by atoms with E-state index in [0.29, 0.717) is 26.6 Å². The van der Waals surface area contributed by atoms with Crippen LogP contribution in [0, 0.1) is 17.1 Å². The molecule has 0 bridgehead atoms. The van der Waals surface area contributed by atoms with E-state index in [2.05, 4.69) is 21.2 Å². The van der Waals surface area contributed by atoms with E-state index in [4.69, 9.17) is 21.1 Å². The summed E-state index contributed by atoms with van der Waals surface area (Å²) in [6.07, 6.45) is 1.38. The molecule has 0 aliphatic carbocycles. The fourth-order valence-corrected chi connectivity index (χ4v) is 3.60. The molecule has 0 heterocycles. The van der Waals surface area contributed by atoms with Crippen molar-refractivity contribution in [3.05, 3.63) is 92.7 Å². The van der Waals surface area contributed by atoms with Gasteiger partial charge < -0.3 is 14.8 Å². The quantitative estimate of drug-likeness (QED) is 0.293. The van der Waals surface area contributed by atoms with Gasteiger partial charge in [0.15, 0.2) is 11.5 Å². The summed E-state index contributed by atoms with van der Waals surface area (Å²) in [6, 6.07) is 18.2. The van der Waals surface area contributed by atoms with Crippen molar-refractivity contribution >= 4 is 45.2 Å². The minimum absolute atomic E-state index is 0.0119. The molecule has 0 aliphatic heterocycles. The lowest BCUT2D eigenvalue weighted by Gasteiger charge is -2.14. The number of nitrogens with one attached hydrogen (secondary N) is 1. The lowest BCUT2D eigenvalue weighted by atomic mass is 10.1. The number of benzene rings is 3. The van der Waals surface area contributed by atoms with Gasteiger partial charge in [0.2, 0.25) is 0 Å². The fourth-order valence-electron chi connectivity index (χ4n) is 2.81. The molecule has 0 aromatic heterocycles. The van der Waals surface area contributed by atoms with E-state index in [1.807, 2.05) is 18.2 Å². The number of ether oxygens (including phenoxy) is 2. The molecule has 0 saturated heterocycles. The van der Waals surface area contributed by atoms with E-state index < -0.39 is 11.7 Å². The number of nitriles is 1. The number of carbonyl (C=O) groups excluding carboxylic acids is 1. The summed E-state index contributed by atoms with van der Waals surface area (Å²) >= 11 is 9.45. The zero-order valence-corrected chi connectivity index (χ0v) is 19.2. The van der Waals surface area contributed by atoms with Crippen LogP contribution < -0.4 is 14.8 Å². The Kier molecular flexibility index (Phi) is 7.87. The van der Waals surface area contributed by atoms with Gasteiger partial charge in [0, 0.05) is 5.02 Å². The maximum Gasteiger partial charge on any atom is 0.266 e. The van der Waals surface area contributed by atoms with Crippen molar-refractivity contribution in [3.8, 4) is 17.6 Å². The summed E-state index contributed by atoms with van der Waals surface area (Å²) in [4.78, 5) is 12.4. The second-order valence-electron chi connectivity index (χ2n) is 6.56. The number of amides is 1. The van der Waals surface area contributed by atoms with Gasteiger partial charge in [-0.1, -0.05) is 35.9 Å². The average molecular weight is 516 g/mol. The number of nitrogens with zero attached hydrogens (tertiary/aromatic N) is 1. The molecule has 0 spiro atoms. The van der Waals surface area contributed by atoms with Gasteiger partial charge in [-0.15, -0.1) is 0 Å². The number of hydrogen-bond donors (Lipinski definition) is 1. The van der Waals surface area contributed by atoms with Gasteiger partial charge in [0.25, 0.3) is 5.91 Å². The zero-order valence-electron chi connectivity index (χ0n) is 16.9. The molecule has 3 rings (SSSR count). The number of methoxy groups -OCH3 is 1. The molecule has 32 heavy (non-hydrogen) atoms. The molecular weight excluding hydrogens is 499 g/mol. The van der Waals surface area contributed by atoms with Crippen molar-refractivity contribution in [2.24, 2.45) is 0 Å². The van der Waals surface area contributed by atoms with Crippen molar-refractivity contribution in [2.45, 2.75) is 6.61 Å². The van der Waals surface area contributed by atoms with Gasteiger partial charge in [-0.25, -0.2) is 4.39 Å². The molecule has 3 aromatic carbocycles. The maximum atomic E-state index is 13.8. The van der Waals surface area contributed by atoms with Gasteiger partial charge in [0.1, 0.15) is 24.1 Å². The Labute approximate surface area is 198 Å². The van der Waals surface area contributed by atoms with Crippen LogP contribution >= 0.6 is 27.5 Å². The van der Waals surface area contributed by atoms with E-state index in [1.165, 1.54) is 31.4 Å². The van der Waals surface area contributed by atoms with Crippen molar-refractivity contribution < 1.29 is 18.7 Å². The molecule has 0 atom stereocenters. The van der Waals surface area contributed by atoms with Gasteiger partial charge >= 0.3 is 0 Å².